The monoisotopic (exact) mass is 249 g/mol. The zero-order valence-electron chi connectivity index (χ0n) is 10.6. The van der Waals surface area contributed by atoms with E-state index in [4.69, 9.17) is 5.73 Å². The predicted octanol–water partition coefficient (Wildman–Crippen LogP) is 0.358. The highest BCUT2D eigenvalue weighted by Gasteiger charge is 2.26. The van der Waals surface area contributed by atoms with Gasteiger partial charge < -0.3 is 11.1 Å². The fraction of sp³-hybridized carbons (Fsp3) is 0.583. The Morgan fingerprint density at radius 1 is 1.50 bits per heavy atom. The van der Waals surface area contributed by atoms with Gasteiger partial charge >= 0.3 is 0 Å². The van der Waals surface area contributed by atoms with Gasteiger partial charge in [-0.2, -0.15) is 0 Å². The van der Waals surface area contributed by atoms with E-state index in [2.05, 4.69) is 20.2 Å². The molecule has 3 N–H and O–H groups in total. The molecule has 1 aliphatic heterocycles. The topological polar surface area (TPSA) is 84.1 Å². The van der Waals surface area contributed by atoms with Gasteiger partial charge in [-0.15, -0.1) is 0 Å². The van der Waals surface area contributed by atoms with Gasteiger partial charge in [-0.05, 0) is 19.4 Å². The molecule has 0 aliphatic carbocycles. The molecule has 1 aromatic rings. The summed E-state index contributed by atoms with van der Waals surface area (Å²) in [5.41, 5.74) is 6.29. The maximum atomic E-state index is 11.4. The summed E-state index contributed by atoms with van der Waals surface area (Å²) in [6.07, 6.45) is 6.44. The molecular weight excluding hydrogens is 230 g/mol. The van der Waals surface area contributed by atoms with Crippen molar-refractivity contribution in [2.75, 3.05) is 18.9 Å². The summed E-state index contributed by atoms with van der Waals surface area (Å²) in [7, 11) is 1.80. The van der Waals surface area contributed by atoms with Crippen LogP contribution >= 0.6 is 0 Å². The van der Waals surface area contributed by atoms with Crippen molar-refractivity contribution in [3.8, 4) is 0 Å². The number of rotatable bonds is 4. The summed E-state index contributed by atoms with van der Waals surface area (Å²) in [4.78, 5) is 22.0. The molecule has 0 radical (unpaired) electrons. The van der Waals surface area contributed by atoms with E-state index in [1.165, 1.54) is 0 Å². The van der Waals surface area contributed by atoms with E-state index in [1.807, 2.05) is 0 Å². The fourth-order valence-electron chi connectivity index (χ4n) is 2.28. The lowest BCUT2D eigenvalue weighted by atomic mass is 10.0. The van der Waals surface area contributed by atoms with E-state index in [0.29, 0.717) is 6.54 Å². The molecule has 1 aromatic heterocycles. The first-order valence-corrected chi connectivity index (χ1v) is 6.22. The van der Waals surface area contributed by atoms with Crippen LogP contribution in [0.4, 0.5) is 5.82 Å². The molecule has 2 heterocycles. The number of hydrogen-bond acceptors (Lipinski definition) is 5. The molecule has 6 heteroatoms. The lowest BCUT2D eigenvalue weighted by Crippen LogP contribution is -2.47. The summed E-state index contributed by atoms with van der Waals surface area (Å²) in [6.45, 7) is 1.52. The molecular formula is C12H19N5O. The number of primary amides is 1. The molecule has 0 spiro atoms. The quantitative estimate of drug-likeness (QED) is 0.804. The molecule has 1 aliphatic rings. The second-order valence-corrected chi connectivity index (χ2v) is 4.53. The van der Waals surface area contributed by atoms with Crippen LogP contribution in [0.3, 0.4) is 0 Å². The third-order valence-electron chi connectivity index (χ3n) is 3.27. The molecule has 98 valence electrons. The number of carbonyl (C=O) groups is 1. The van der Waals surface area contributed by atoms with E-state index >= 15 is 0 Å². The van der Waals surface area contributed by atoms with Gasteiger partial charge in [0.1, 0.15) is 5.82 Å². The Morgan fingerprint density at radius 2 is 2.33 bits per heavy atom. The number of aromatic nitrogens is 2. The Hall–Kier alpha value is -1.69. The Labute approximate surface area is 107 Å². The molecule has 1 fully saturated rings. The third kappa shape index (κ3) is 2.95. The maximum Gasteiger partial charge on any atom is 0.234 e. The first-order valence-electron chi connectivity index (χ1n) is 6.22. The molecule has 1 saturated heterocycles. The van der Waals surface area contributed by atoms with Gasteiger partial charge in [0.2, 0.25) is 5.91 Å². The average molecular weight is 249 g/mol. The maximum absolute atomic E-state index is 11.4. The van der Waals surface area contributed by atoms with E-state index in [1.54, 1.807) is 19.4 Å². The van der Waals surface area contributed by atoms with Crippen LogP contribution in [-0.4, -0.2) is 40.4 Å². The van der Waals surface area contributed by atoms with Crippen molar-refractivity contribution >= 4 is 11.7 Å². The SMILES string of the molecule is CNc1cnc(CN2CCCCC2C(N)=O)cn1. The minimum atomic E-state index is -0.241. The molecule has 0 aromatic carbocycles. The molecule has 0 bridgehead atoms. The van der Waals surface area contributed by atoms with Gasteiger partial charge in [-0.25, -0.2) is 4.98 Å². The third-order valence-corrected chi connectivity index (χ3v) is 3.27. The van der Waals surface area contributed by atoms with E-state index < -0.39 is 0 Å². The largest absolute Gasteiger partial charge is 0.372 e. The zero-order valence-corrected chi connectivity index (χ0v) is 10.6. The fourth-order valence-corrected chi connectivity index (χ4v) is 2.28. The van der Waals surface area contributed by atoms with Crippen LogP contribution in [0.1, 0.15) is 25.0 Å². The summed E-state index contributed by atoms with van der Waals surface area (Å²) < 4.78 is 0. The van der Waals surface area contributed by atoms with Crippen LogP contribution < -0.4 is 11.1 Å². The van der Waals surface area contributed by atoms with Crippen LogP contribution in [-0.2, 0) is 11.3 Å². The molecule has 1 atom stereocenters. The van der Waals surface area contributed by atoms with E-state index in [9.17, 15) is 4.79 Å². The van der Waals surface area contributed by atoms with Gasteiger partial charge in [-0.1, -0.05) is 6.42 Å². The molecule has 2 rings (SSSR count). The number of carbonyl (C=O) groups excluding carboxylic acids is 1. The summed E-state index contributed by atoms with van der Waals surface area (Å²) in [5.74, 6) is 0.498. The highest BCUT2D eigenvalue weighted by Crippen LogP contribution is 2.18. The molecule has 0 saturated carbocycles. The summed E-state index contributed by atoms with van der Waals surface area (Å²) >= 11 is 0. The minimum absolute atomic E-state index is 0.162. The number of nitrogens with one attached hydrogen (secondary N) is 1. The lowest BCUT2D eigenvalue weighted by molar-refractivity contribution is -0.124. The standard InChI is InChI=1S/C12H19N5O/c1-14-11-7-15-9(6-16-11)8-17-5-3-2-4-10(17)12(13)18/h6-7,10H,2-5,8H2,1H3,(H2,13,18)(H,14,16). The Bertz CT molecular complexity index is 405. The van der Waals surface area contributed by atoms with E-state index in [-0.39, 0.29) is 11.9 Å². The highest BCUT2D eigenvalue weighted by atomic mass is 16.1. The van der Waals surface area contributed by atoms with E-state index in [0.717, 1.165) is 37.3 Å². The van der Waals surface area contributed by atoms with Gasteiger partial charge in [0.15, 0.2) is 0 Å². The van der Waals surface area contributed by atoms with Crippen LogP contribution in [0.2, 0.25) is 0 Å². The van der Waals surface area contributed by atoms with Crippen LogP contribution in [0, 0.1) is 0 Å². The second kappa shape index (κ2) is 5.77. The average Bonchev–Trinajstić information content (AvgIpc) is 2.40. The first-order chi connectivity index (χ1) is 8.70. The molecule has 1 unspecified atom stereocenters. The summed E-state index contributed by atoms with van der Waals surface area (Å²) in [5, 5.41) is 2.92. The summed E-state index contributed by atoms with van der Waals surface area (Å²) in [6, 6.07) is -0.162. The number of likely N-dealkylation sites (tertiary alicyclic amines) is 1. The normalized spacial score (nSPS) is 20.6. The van der Waals surface area contributed by atoms with Crippen LogP contribution in [0.5, 0.6) is 0 Å². The van der Waals surface area contributed by atoms with Crippen LogP contribution in [0.25, 0.3) is 0 Å². The van der Waals surface area contributed by atoms with Gasteiger partial charge in [0.25, 0.3) is 0 Å². The Balaban J connectivity index is 2.03. The van der Waals surface area contributed by atoms with Crippen molar-refractivity contribution in [3.63, 3.8) is 0 Å². The lowest BCUT2D eigenvalue weighted by Gasteiger charge is -2.33. The highest BCUT2D eigenvalue weighted by molar-refractivity contribution is 5.79. The minimum Gasteiger partial charge on any atom is -0.372 e. The number of anilines is 1. The van der Waals surface area contributed by atoms with Crippen molar-refractivity contribution in [1.82, 2.24) is 14.9 Å². The van der Waals surface area contributed by atoms with Crippen molar-refractivity contribution < 1.29 is 4.79 Å². The van der Waals surface area contributed by atoms with Gasteiger partial charge in [0, 0.05) is 13.6 Å². The number of amides is 1. The van der Waals surface area contributed by atoms with Crippen molar-refractivity contribution in [2.24, 2.45) is 5.73 Å². The second-order valence-electron chi connectivity index (χ2n) is 4.53. The number of nitrogens with zero attached hydrogens (tertiary/aromatic N) is 3. The molecule has 18 heavy (non-hydrogen) atoms. The molecule has 1 amide bonds. The number of nitrogens with two attached hydrogens (primary N) is 1. The number of hydrogen-bond donors (Lipinski definition) is 2. The van der Waals surface area contributed by atoms with Crippen molar-refractivity contribution in [2.45, 2.75) is 31.8 Å². The molecule has 6 nitrogen and oxygen atoms in total. The van der Waals surface area contributed by atoms with Crippen molar-refractivity contribution in [3.05, 3.63) is 18.1 Å². The Morgan fingerprint density at radius 3 is 2.94 bits per heavy atom. The smallest absolute Gasteiger partial charge is 0.234 e. The zero-order chi connectivity index (χ0) is 13.0. The first kappa shape index (κ1) is 12.8. The van der Waals surface area contributed by atoms with Gasteiger partial charge in [-0.3, -0.25) is 14.7 Å². The van der Waals surface area contributed by atoms with Gasteiger partial charge in [0.05, 0.1) is 24.1 Å². The van der Waals surface area contributed by atoms with Crippen LogP contribution in [0.15, 0.2) is 12.4 Å². The van der Waals surface area contributed by atoms with Crippen molar-refractivity contribution in [1.29, 1.82) is 0 Å². The predicted molar refractivity (Wildman–Crippen MR) is 68.8 cm³/mol. The number of piperidine rings is 1. The Kier molecular flexibility index (Phi) is 4.09.